The molecule has 2 saturated heterocycles. The lowest BCUT2D eigenvalue weighted by molar-refractivity contribution is -0.136. The first-order chi connectivity index (χ1) is 14.0. The van der Waals surface area contributed by atoms with Crippen LogP contribution in [-0.4, -0.2) is 52.7 Å². The molecule has 8 nitrogen and oxygen atoms in total. The fourth-order valence-corrected chi connectivity index (χ4v) is 5.28. The number of hydrogen-bond acceptors (Lipinski definition) is 6. The number of nitrogens with zero attached hydrogens (tertiary/aromatic N) is 1. The Kier molecular flexibility index (Phi) is 4.29. The molecule has 4 aliphatic rings. The Balaban J connectivity index is 1.39. The maximum Gasteiger partial charge on any atom is 0.262 e. The number of imide groups is 2. The van der Waals surface area contributed by atoms with Crippen molar-refractivity contribution in [2.75, 3.05) is 6.54 Å². The van der Waals surface area contributed by atoms with E-state index in [4.69, 9.17) is 0 Å². The van der Waals surface area contributed by atoms with Crippen LogP contribution in [0.4, 0.5) is 0 Å². The van der Waals surface area contributed by atoms with Gasteiger partial charge >= 0.3 is 0 Å². The zero-order valence-corrected chi connectivity index (χ0v) is 16.1. The summed E-state index contributed by atoms with van der Waals surface area (Å²) in [6.07, 6.45) is 4.85. The fourth-order valence-electron chi connectivity index (χ4n) is 5.28. The van der Waals surface area contributed by atoms with Gasteiger partial charge in [-0.25, -0.2) is 0 Å². The molecule has 3 fully saturated rings. The summed E-state index contributed by atoms with van der Waals surface area (Å²) >= 11 is 0. The van der Waals surface area contributed by atoms with E-state index in [0.29, 0.717) is 23.7 Å². The van der Waals surface area contributed by atoms with Crippen LogP contribution in [0.25, 0.3) is 0 Å². The lowest BCUT2D eigenvalue weighted by atomic mass is 9.83. The number of benzene rings is 1. The fraction of sp³-hybridized carbons (Fsp3) is 0.524. The monoisotopic (exact) mass is 396 g/mol. The molecule has 3 unspecified atom stereocenters. The molecule has 4 amide bonds. The predicted molar refractivity (Wildman–Crippen MR) is 103 cm³/mol. The van der Waals surface area contributed by atoms with E-state index >= 15 is 0 Å². The minimum Gasteiger partial charge on any atom is -0.312 e. The molecular weight excluding hydrogens is 372 g/mol. The molecule has 3 N–H and O–H groups in total. The van der Waals surface area contributed by atoms with Crippen molar-refractivity contribution < 1.29 is 19.2 Å². The van der Waals surface area contributed by atoms with Crippen LogP contribution in [0, 0.1) is 0 Å². The van der Waals surface area contributed by atoms with E-state index in [2.05, 4.69) is 16.0 Å². The Bertz CT molecular complexity index is 925. The molecule has 1 saturated carbocycles. The van der Waals surface area contributed by atoms with Crippen LogP contribution in [0.1, 0.15) is 64.8 Å². The minimum atomic E-state index is -0.933. The van der Waals surface area contributed by atoms with Gasteiger partial charge in [-0.2, -0.15) is 0 Å². The molecule has 1 aromatic rings. The lowest BCUT2D eigenvalue weighted by Gasteiger charge is -2.33. The zero-order valence-electron chi connectivity index (χ0n) is 16.1. The summed E-state index contributed by atoms with van der Waals surface area (Å²) in [5.74, 6) is -1.86. The Morgan fingerprint density at radius 1 is 1.14 bits per heavy atom. The Morgan fingerprint density at radius 2 is 2.00 bits per heavy atom. The Hall–Kier alpha value is -2.58. The lowest BCUT2D eigenvalue weighted by Crippen LogP contribution is -2.54. The number of carbonyl (C=O) groups is 4. The van der Waals surface area contributed by atoms with Gasteiger partial charge in [-0.3, -0.25) is 29.4 Å². The van der Waals surface area contributed by atoms with E-state index < -0.39 is 23.8 Å². The van der Waals surface area contributed by atoms with Gasteiger partial charge in [0.25, 0.3) is 11.8 Å². The molecule has 1 aromatic carbocycles. The first kappa shape index (κ1) is 18.4. The van der Waals surface area contributed by atoms with Crippen LogP contribution in [0.15, 0.2) is 18.2 Å². The number of fused-ring (bicyclic) bond motifs is 3. The number of carbonyl (C=O) groups excluding carboxylic acids is 4. The summed E-state index contributed by atoms with van der Waals surface area (Å²) in [7, 11) is 0. The van der Waals surface area contributed by atoms with Crippen molar-refractivity contribution in [3.8, 4) is 0 Å². The van der Waals surface area contributed by atoms with Gasteiger partial charge in [-0.1, -0.05) is 18.6 Å². The molecule has 3 atom stereocenters. The minimum absolute atomic E-state index is 0.0423. The summed E-state index contributed by atoms with van der Waals surface area (Å²) in [6, 6.07) is 4.91. The van der Waals surface area contributed by atoms with Crippen molar-refractivity contribution in [1.29, 1.82) is 0 Å². The highest BCUT2D eigenvalue weighted by Crippen LogP contribution is 2.34. The third-order valence-corrected chi connectivity index (χ3v) is 6.78. The van der Waals surface area contributed by atoms with Gasteiger partial charge in [0, 0.05) is 31.1 Å². The van der Waals surface area contributed by atoms with Gasteiger partial charge in [-0.15, -0.1) is 0 Å². The van der Waals surface area contributed by atoms with Crippen LogP contribution in [-0.2, 0) is 16.1 Å². The van der Waals surface area contributed by atoms with Crippen LogP contribution < -0.4 is 16.0 Å². The number of nitrogens with one attached hydrogen (secondary N) is 3. The summed E-state index contributed by atoms with van der Waals surface area (Å²) < 4.78 is 0. The number of hydrogen-bond donors (Lipinski definition) is 3. The molecule has 29 heavy (non-hydrogen) atoms. The highest BCUT2D eigenvalue weighted by atomic mass is 16.2. The molecular formula is C21H24N4O4. The van der Waals surface area contributed by atoms with Crippen LogP contribution in [0.5, 0.6) is 0 Å². The maximum atomic E-state index is 13.2. The van der Waals surface area contributed by atoms with Crippen LogP contribution in [0.3, 0.4) is 0 Å². The van der Waals surface area contributed by atoms with E-state index in [1.807, 2.05) is 6.07 Å². The van der Waals surface area contributed by atoms with Crippen LogP contribution in [0.2, 0.25) is 0 Å². The third kappa shape index (κ3) is 2.98. The summed E-state index contributed by atoms with van der Waals surface area (Å²) in [4.78, 5) is 50.8. The standard InChI is InChI=1S/C21H24N4O4/c26-16-7-6-15(18(27)24-16)25-19(28)14-5-1-3-12(17(14)20(25)29)10-23-21-8-2-4-13(9-21)22-11-21/h1,3,5,13,15,22-23H,2,4,6-11H2,(H,24,26,27). The maximum absolute atomic E-state index is 13.2. The van der Waals surface area contributed by atoms with E-state index in [1.165, 1.54) is 12.8 Å². The molecule has 8 heteroatoms. The third-order valence-electron chi connectivity index (χ3n) is 6.78. The zero-order chi connectivity index (χ0) is 20.2. The van der Waals surface area contributed by atoms with Crippen molar-refractivity contribution >= 4 is 23.6 Å². The molecule has 5 rings (SSSR count). The largest absolute Gasteiger partial charge is 0.312 e. The van der Waals surface area contributed by atoms with Crippen molar-refractivity contribution in [1.82, 2.24) is 20.9 Å². The highest BCUT2D eigenvalue weighted by molar-refractivity contribution is 6.24. The SMILES string of the molecule is O=C1CCC(N2C(=O)c3cccc(CNC45CCCC(C4)NC5)c3C2=O)C(=O)N1. The average molecular weight is 396 g/mol. The van der Waals surface area contributed by atoms with Crippen LogP contribution >= 0.6 is 0 Å². The van der Waals surface area contributed by atoms with E-state index in [0.717, 1.165) is 29.8 Å². The van der Waals surface area contributed by atoms with Crippen molar-refractivity contribution in [3.63, 3.8) is 0 Å². The van der Waals surface area contributed by atoms with Gasteiger partial charge < -0.3 is 10.6 Å². The van der Waals surface area contributed by atoms with Crippen molar-refractivity contribution in [3.05, 3.63) is 34.9 Å². The molecule has 1 aliphatic carbocycles. The van der Waals surface area contributed by atoms with Gasteiger partial charge in [0.2, 0.25) is 11.8 Å². The average Bonchev–Trinajstić information content (AvgIpc) is 3.14. The predicted octanol–water partition coefficient (Wildman–Crippen LogP) is 0.462. The van der Waals surface area contributed by atoms with Gasteiger partial charge in [-0.05, 0) is 37.3 Å². The van der Waals surface area contributed by atoms with Crippen molar-refractivity contribution in [2.45, 2.75) is 62.7 Å². The molecule has 152 valence electrons. The highest BCUT2D eigenvalue weighted by Gasteiger charge is 2.46. The summed E-state index contributed by atoms with van der Waals surface area (Å²) in [5, 5.41) is 9.44. The number of rotatable bonds is 4. The Labute approximate surface area is 168 Å². The van der Waals surface area contributed by atoms with Crippen molar-refractivity contribution in [2.24, 2.45) is 0 Å². The van der Waals surface area contributed by atoms with Gasteiger partial charge in [0.05, 0.1) is 11.1 Å². The number of amides is 4. The second-order valence-electron chi connectivity index (χ2n) is 8.59. The summed E-state index contributed by atoms with van der Waals surface area (Å²) in [6.45, 7) is 1.42. The molecule has 0 spiro atoms. The molecule has 3 aliphatic heterocycles. The van der Waals surface area contributed by atoms with Gasteiger partial charge in [0.15, 0.2) is 0 Å². The topological polar surface area (TPSA) is 108 Å². The Morgan fingerprint density at radius 3 is 2.83 bits per heavy atom. The molecule has 0 radical (unpaired) electrons. The first-order valence-electron chi connectivity index (χ1n) is 10.3. The number of piperidine rings is 1. The second kappa shape index (κ2) is 6.74. The van der Waals surface area contributed by atoms with E-state index in [9.17, 15) is 19.2 Å². The molecule has 3 heterocycles. The first-order valence-corrected chi connectivity index (χ1v) is 10.3. The van der Waals surface area contributed by atoms with E-state index in [1.54, 1.807) is 12.1 Å². The molecule has 0 aromatic heterocycles. The quantitative estimate of drug-likeness (QED) is 0.639. The van der Waals surface area contributed by atoms with Gasteiger partial charge in [0.1, 0.15) is 6.04 Å². The summed E-state index contributed by atoms with van der Waals surface area (Å²) in [5.41, 5.74) is 1.53. The molecule has 2 bridgehead atoms. The second-order valence-corrected chi connectivity index (χ2v) is 8.59. The smallest absolute Gasteiger partial charge is 0.262 e. The van der Waals surface area contributed by atoms with E-state index in [-0.39, 0.29) is 24.3 Å². The normalized spacial score (nSPS) is 31.2.